The number of benzene rings is 2. The van der Waals surface area contributed by atoms with Crippen molar-refractivity contribution in [1.29, 1.82) is 0 Å². The maximum atomic E-state index is 12.6. The monoisotopic (exact) mass is 531 g/mol. The predicted molar refractivity (Wildman–Crippen MR) is 124 cm³/mol. The van der Waals surface area contributed by atoms with Gasteiger partial charge in [-0.05, 0) is 29.8 Å². The van der Waals surface area contributed by atoms with E-state index in [0.29, 0.717) is 0 Å². The van der Waals surface area contributed by atoms with Gasteiger partial charge < -0.3 is 20.7 Å². The lowest BCUT2D eigenvalue weighted by atomic mass is 10.1. The quantitative estimate of drug-likeness (QED) is 0.283. The minimum Gasteiger partial charge on any atom is -0.404 e. The van der Waals surface area contributed by atoms with E-state index in [1.54, 1.807) is 6.07 Å². The zero-order valence-corrected chi connectivity index (χ0v) is 18.6. The van der Waals surface area contributed by atoms with Gasteiger partial charge in [-0.1, -0.05) is 30.3 Å². The number of guanidine groups is 1. The molecule has 6 nitrogen and oxygen atoms in total. The first-order valence-electron chi connectivity index (χ1n) is 8.70. The molecule has 0 aliphatic heterocycles. The Balaban J connectivity index is 0.00000320. The van der Waals surface area contributed by atoms with Crippen LogP contribution in [0.3, 0.4) is 0 Å². The molecule has 0 unspecified atom stereocenters. The van der Waals surface area contributed by atoms with Gasteiger partial charge in [0.05, 0.1) is 17.7 Å². The van der Waals surface area contributed by atoms with Crippen molar-refractivity contribution in [2.24, 2.45) is 10.7 Å². The van der Waals surface area contributed by atoms with Crippen molar-refractivity contribution in [3.8, 4) is 5.75 Å². The third kappa shape index (κ3) is 6.12. The van der Waals surface area contributed by atoms with Crippen LogP contribution in [0, 0.1) is 0 Å². The predicted octanol–water partition coefficient (Wildman–Crippen LogP) is 4.74. The first-order valence-corrected chi connectivity index (χ1v) is 8.70. The van der Waals surface area contributed by atoms with Crippen molar-refractivity contribution < 1.29 is 17.9 Å². The van der Waals surface area contributed by atoms with E-state index >= 15 is 0 Å². The summed E-state index contributed by atoms with van der Waals surface area (Å²) >= 11 is 0. The summed E-state index contributed by atoms with van der Waals surface area (Å²) < 4.78 is 41.7. The van der Waals surface area contributed by atoms with Crippen LogP contribution in [-0.2, 0) is 6.54 Å². The zero-order chi connectivity index (χ0) is 21.0. The molecule has 10 heteroatoms. The molecular formula is C20H21F3IN5O. The Morgan fingerprint density at radius 2 is 1.80 bits per heavy atom. The number of rotatable bonds is 5. The van der Waals surface area contributed by atoms with Crippen LogP contribution < -0.4 is 20.7 Å². The van der Waals surface area contributed by atoms with E-state index in [4.69, 9.17) is 5.73 Å². The van der Waals surface area contributed by atoms with Crippen molar-refractivity contribution in [3.05, 3.63) is 60.2 Å². The molecule has 0 spiro atoms. The summed E-state index contributed by atoms with van der Waals surface area (Å²) in [5.41, 5.74) is 7.68. The highest BCUT2D eigenvalue weighted by atomic mass is 127. The van der Waals surface area contributed by atoms with E-state index in [-0.39, 0.29) is 47.9 Å². The Morgan fingerprint density at radius 1 is 1.13 bits per heavy atom. The fourth-order valence-electron chi connectivity index (χ4n) is 2.72. The molecule has 1 aromatic heterocycles. The van der Waals surface area contributed by atoms with E-state index in [0.717, 1.165) is 22.3 Å². The van der Waals surface area contributed by atoms with Crippen LogP contribution in [0.1, 0.15) is 5.56 Å². The van der Waals surface area contributed by atoms with Crippen molar-refractivity contribution in [1.82, 2.24) is 4.98 Å². The minimum atomic E-state index is -4.80. The smallest absolute Gasteiger partial charge is 0.404 e. The van der Waals surface area contributed by atoms with Gasteiger partial charge in [0.1, 0.15) is 5.82 Å². The second-order valence-corrected chi connectivity index (χ2v) is 6.42. The number of fused-ring (bicyclic) bond motifs is 1. The Hall–Kier alpha value is -2.76. The average molecular weight is 531 g/mol. The number of nitrogens with zero attached hydrogens (tertiary/aromatic N) is 3. The molecule has 0 amide bonds. The van der Waals surface area contributed by atoms with Crippen molar-refractivity contribution in [2.45, 2.75) is 12.9 Å². The van der Waals surface area contributed by atoms with E-state index in [1.807, 2.05) is 49.3 Å². The van der Waals surface area contributed by atoms with E-state index in [1.165, 1.54) is 18.2 Å². The number of alkyl halides is 3. The molecule has 0 aliphatic carbocycles. The molecule has 0 bridgehead atoms. The summed E-state index contributed by atoms with van der Waals surface area (Å²) in [5, 5.41) is 3.59. The highest BCUT2D eigenvalue weighted by Gasteiger charge is 2.32. The maximum Gasteiger partial charge on any atom is 0.573 e. The van der Waals surface area contributed by atoms with Gasteiger partial charge in [0.25, 0.3) is 0 Å². The molecule has 0 radical (unpaired) electrons. The van der Waals surface area contributed by atoms with Crippen molar-refractivity contribution in [2.75, 3.05) is 24.3 Å². The lowest BCUT2D eigenvalue weighted by Gasteiger charge is -2.15. The Labute approximate surface area is 189 Å². The number of para-hydroxylation sites is 3. The highest BCUT2D eigenvalue weighted by molar-refractivity contribution is 14.0. The van der Waals surface area contributed by atoms with Crippen molar-refractivity contribution >= 4 is 52.3 Å². The molecule has 2 aromatic carbocycles. The summed E-state index contributed by atoms with van der Waals surface area (Å²) in [5.74, 6) is 0.349. The van der Waals surface area contributed by atoms with E-state index in [2.05, 4.69) is 20.0 Å². The number of hydrogen-bond acceptors (Lipinski definition) is 4. The Morgan fingerprint density at radius 3 is 2.50 bits per heavy atom. The minimum absolute atomic E-state index is 0. The van der Waals surface area contributed by atoms with Gasteiger partial charge in [0, 0.05) is 19.5 Å². The molecule has 3 rings (SSSR count). The lowest BCUT2D eigenvalue weighted by molar-refractivity contribution is -0.274. The van der Waals surface area contributed by atoms with Gasteiger partial charge >= 0.3 is 6.36 Å². The molecule has 3 aromatic rings. The van der Waals surface area contributed by atoms with Crippen LogP contribution in [0.5, 0.6) is 5.75 Å². The summed E-state index contributed by atoms with van der Waals surface area (Å²) in [6.07, 6.45) is -4.80. The van der Waals surface area contributed by atoms with Gasteiger partial charge in [-0.2, -0.15) is 0 Å². The second-order valence-electron chi connectivity index (χ2n) is 6.42. The van der Waals surface area contributed by atoms with Gasteiger partial charge in [0.2, 0.25) is 0 Å². The number of hydrogen-bond donors (Lipinski definition) is 2. The molecule has 0 atom stereocenters. The van der Waals surface area contributed by atoms with Gasteiger partial charge in [-0.25, -0.2) is 9.98 Å². The summed E-state index contributed by atoms with van der Waals surface area (Å²) in [6, 6.07) is 15.2. The fourth-order valence-corrected chi connectivity index (χ4v) is 2.72. The van der Waals surface area contributed by atoms with Crippen molar-refractivity contribution in [3.63, 3.8) is 0 Å². The largest absolute Gasteiger partial charge is 0.573 e. The first kappa shape index (κ1) is 23.5. The third-order valence-electron chi connectivity index (χ3n) is 4.04. The topological polar surface area (TPSA) is 75.8 Å². The number of aliphatic imine (C=N–C) groups is 1. The number of nitrogens with one attached hydrogen (secondary N) is 1. The first-order chi connectivity index (χ1) is 13.7. The summed E-state index contributed by atoms with van der Waals surface area (Å²) in [6.45, 7) is 0.227. The van der Waals surface area contributed by atoms with Crippen LogP contribution in [-0.4, -0.2) is 31.4 Å². The molecule has 0 fully saturated rings. The number of ether oxygens (including phenoxy) is 1. The van der Waals surface area contributed by atoms with Crippen LogP contribution in [0.2, 0.25) is 0 Å². The van der Waals surface area contributed by atoms with E-state index in [9.17, 15) is 13.2 Å². The molecule has 30 heavy (non-hydrogen) atoms. The van der Waals surface area contributed by atoms with Crippen LogP contribution in [0.25, 0.3) is 10.9 Å². The maximum absolute atomic E-state index is 12.6. The number of aromatic nitrogens is 1. The molecule has 0 aliphatic rings. The molecule has 0 saturated heterocycles. The third-order valence-corrected chi connectivity index (χ3v) is 4.04. The van der Waals surface area contributed by atoms with Gasteiger partial charge in [0.15, 0.2) is 11.7 Å². The number of pyridine rings is 1. The molecule has 1 heterocycles. The molecule has 3 N–H and O–H groups in total. The van der Waals surface area contributed by atoms with Crippen LogP contribution >= 0.6 is 24.0 Å². The SMILES string of the molecule is CN(C)c1cc(CN=C(N)Nc2ccccc2OC(F)(F)F)c2ccccc2n1.I. The van der Waals surface area contributed by atoms with Crippen LogP contribution in [0.4, 0.5) is 24.7 Å². The number of halogens is 4. The normalized spacial score (nSPS) is 11.7. The average Bonchev–Trinajstić information content (AvgIpc) is 2.66. The lowest BCUT2D eigenvalue weighted by Crippen LogP contribution is -2.24. The second kappa shape index (κ2) is 9.83. The van der Waals surface area contributed by atoms with Gasteiger partial charge in [-0.3, -0.25) is 0 Å². The molecular weight excluding hydrogens is 510 g/mol. The number of anilines is 2. The van der Waals surface area contributed by atoms with Gasteiger partial charge in [-0.15, -0.1) is 37.1 Å². The standard InChI is InChI=1S/C20H20F3N5O.HI/c1-28(2)18-11-13(14-7-3-4-8-15(14)26-18)12-25-19(24)27-16-9-5-6-10-17(16)29-20(21,22)23;/h3-11H,12H2,1-2H3,(H3,24,25,27);1H. The highest BCUT2D eigenvalue weighted by Crippen LogP contribution is 2.30. The van der Waals surface area contributed by atoms with E-state index < -0.39 is 6.36 Å². The molecule has 0 saturated carbocycles. The number of nitrogens with two attached hydrogens (primary N) is 1. The summed E-state index contributed by atoms with van der Waals surface area (Å²) in [7, 11) is 3.77. The summed E-state index contributed by atoms with van der Waals surface area (Å²) in [4.78, 5) is 10.7. The van der Waals surface area contributed by atoms with Crippen LogP contribution in [0.15, 0.2) is 59.6 Å². The Bertz CT molecular complexity index is 1040. The molecule has 160 valence electrons. The Kier molecular flexibility index (Phi) is 7.71. The fraction of sp³-hybridized carbons (Fsp3) is 0.200. The zero-order valence-electron chi connectivity index (χ0n) is 16.3.